The molecule has 0 aliphatic carbocycles. The van der Waals surface area contributed by atoms with Crippen molar-refractivity contribution in [3.8, 4) is 0 Å². The van der Waals surface area contributed by atoms with Gasteiger partial charge in [0.25, 0.3) is 0 Å². The fourth-order valence-electron chi connectivity index (χ4n) is 2.73. The molecule has 1 aliphatic heterocycles. The predicted molar refractivity (Wildman–Crippen MR) is 80.9 cm³/mol. The summed E-state index contributed by atoms with van der Waals surface area (Å²) in [5.41, 5.74) is 1.03. The van der Waals surface area contributed by atoms with Gasteiger partial charge in [0.1, 0.15) is 11.4 Å². The number of carboxylic acid groups (broad SMARTS) is 1. The van der Waals surface area contributed by atoms with Gasteiger partial charge >= 0.3 is 5.97 Å². The summed E-state index contributed by atoms with van der Waals surface area (Å²) in [4.78, 5) is 17.9. The number of likely N-dealkylation sites (N-methyl/N-ethyl adjacent to an activating group) is 1. The zero-order valence-corrected chi connectivity index (χ0v) is 12.0. The van der Waals surface area contributed by atoms with E-state index in [4.69, 9.17) is 4.74 Å². The molecule has 1 aromatic heterocycles. The van der Waals surface area contributed by atoms with E-state index in [1.165, 1.54) is 0 Å². The van der Waals surface area contributed by atoms with Crippen molar-refractivity contribution in [3.05, 3.63) is 35.9 Å². The van der Waals surface area contributed by atoms with E-state index < -0.39 is 5.97 Å². The number of ether oxygens (including phenoxy) is 1. The van der Waals surface area contributed by atoms with E-state index in [1.54, 1.807) is 6.07 Å². The van der Waals surface area contributed by atoms with Gasteiger partial charge in [-0.25, -0.2) is 9.78 Å². The van der Waals surface area contributed by atoms with Gasteiger partial charge in [0.15, 0.2) is 0 Å². The van der Waals surface area contributed by atoms with Gasteiger partial charge in [-0.05, 0) is 25.0 Å². The summed E-state index contributed by atoms with van der Waals surface area (Å²) in [6.07, 6.45) is 2.24. The molecule has 3 rings (SSSR count). The van der Waals surface area contributed by atoms with E-state index in [1.807, 2.05) is 36.2 Å². The maximum Gasteiger partial charge on any atom is 0.339 e. The van der Waals surface area contributed by atoms with Crippen LogP contribution in [-0.2, 0) is 4.74 Å². The molecule has 1 saturated heterocycles. The molecule has 1 unspecified atom stereocenters. The lowest BCUT2D eigenvalue weighted by Gasteiger charge is -2.23. The number of hydrogen-bond acceptors (Lipinski definition) is 4. The number of anilines is 1. The van der Waals surface area contributed by atoms with E-state index in [9.17, 15) is 9.90 Å². The minimum Gasteiger partial charge on any atom is -0.478 e. The number of carbonyl (C=O) groups is 1. The zero-order valence-electron chi connectivity index (χ0n) is 12.0. The first kappa shape index (κ1) is 13.8. The summed E-state index contributed by atoms with van der Waals surface area (Å²) in [6.45, 7) is 1.45. The normalized spacial score (nSPS) is 18.0. The van der Waals surface area contributed by atoms with Crippen LogP contribution in [0.25, 0.3) is 10.9 Å². The van der Waals surface area contributed by atoms with E-state index >= 15 is 0 Å². The summed E-state index contributed by atoms with van der Waals surface area (Å²) in [7, 11) is 1.87. The number of nitrogens with zero attached hydrogens (tertiary/aromatic N) is 2. The summed E-state index contributed by atoms with van der Waals surface area (Å²) < 4.78 is 5.62. The fourth-order valence-corrected chi connectivity index (χ4v) is 2.73. The lowest BCUT2D eigenvalue weighted by Crippen LogP contribution is -2.30. The number of rotatable bonds is 4. The minimum absolute atomic E-state index is 0.157. The first-order chi connectivity index (χ1) is 10.1. The first-order valence-corrected chi connectivity index (χ1v) is 7.11. The molecule has 2 heterocycles. The van der Waals surface area contributed by atoms with Gasteiger partial charge in [-0.15, -0.1) is 0 Å². The van der Waals surface area contributed by atoms with E-state index in [-0.39, 0.29) is 11.7 Å². The molecule has 110 valence electrons. The van der Waals surface area contributed by atoms with Crippen molar-refractivity contribution in [2.75, 3.05) is 25.1 Å². The fraction of sp³-hybridized carbons (Fsp3) is 0.375. The number of pyridine rings is 1. The summed E-state index contributed by atoms with van der Waals surface area (Å²) >= 11 is 0. The quantitative estimate of drug-likeness (QED) is 0.936. The molecule has 0 spiro atoms. The van der Waals surface area contributed by atoms with Crippen LogP contribution in [0.3, 0.4) is 0 Å². The van der Waals surface area contributed by atoms with Crippen LogP contribution in [-0.4, -0.2) is 42.4 Å². The van der Waals surface area contributed by atoms with Crippen LogP contribution in [0.2, 0.25) is 0 Å². The Balaban J connectivity index is 1.98. The molecule has 0 radical (unpaired) electrons. The van der Waals surface area contributed by atoms with Crippen molar-refractivity contribution in [3.63, 3.8) is 0 Å². The summed E-state index contributed by atoms with van der Waals surface area (Å²) in [5.74, 6) is -0.459. The molecule has 0 bridgehead atoms. The minimum atomic E-state index is -0.956. The molecular formula is C16H18N2O3. The van der Waals surface area contributed by atoms with Crippen molar-refractivity contribution in [1.29, 1.82) is 0 Å². The smallest absolute Gasteiger partial charge is 0.339 e. The lowest BCUT2D eigenvalue weighted by atomic mass is 10.1. The maximum absolute atomic E-state index is 11.5. The topological polar surface area (TPSA) is 62.7 Å². The summed E-state index contributed by atoms with van der Waals surface area (Å²) in [6, 6.07) is 9.24. The second-order valence-corrected chi connectivity index (χ2v) is 5.37. The van der Waals surface area contributed by atoms with Crippen LogP contribution in [0.1, 0.15) is 23.2 Å². The molecule has 1 aliphatic rings. The molecule has 1 N–H and O–H groups in total. The van der Waals surface area contributed by atoms with Crippen LogP contribution in [0.15, 0.2) is 30.3 Å². The van der Waals surface area contributed by atoms with Gasteiger partial charge < -0.3 is 14.7 Å². The van der Waals surface area contributed by atoms with Gasteiger partial charge in [-0.1, -0.05) is 18.2 Å². The van der Waals surface area contributed by atoms with Gasteiger partial charge in [-0.3, -0.25) is 0 Å². The van der Waals surface area contributed by atoms with Crippen molar-refractivity contribution < 1.29 is 14.6 Å². The van der Waals surface area contributed by atoms with E-state index in [0.717, 1.165) is 30.4 Å². The molecule has 5 nitrogen and oxygen atoms in total. The number of para-hydroxylation sites is 1. The highest BCUT2D eigenvalue weighted by Crippen LogP contribution is 2.24. The van der Waals surface area contributed by atoms with Crippen LogP contribution >= 0.6 is 0 Å². The van der Waals surface area contributed by atoms with Gasteiger partial charge in [-0.2, -0.15) is 0 Å². The third-order valence-corrected chi connectivity index (χ3v) is 3.80. The first-order valence-electron chi connectivity index (χ1n) is 7.11. The Morgan fingerprint density at radius 3 is 3.00 bits per heavy atom. The molecule has 0 saturated carbocycles. The second-order valence-electron chi connectivity index (χ2n) is 5.37. The lowest BCUT2D eigenvalue weighted by molar-refractivity contribution is 0.0696. The molecule has 1 atom stereocenters. The monoisotopic (exact) mass is 286 g/mol. The number of benzene rings is 1. The zero-order chi connectivity index (χ0) is 14.8. The number of hydrogen-bond donors (Lipinski definition) is 1. The van der Waals surface area contributed by atoms with Crippen LogP contribution in [0.5, 0.6) is 0 Å². The molecule has 1 aromatic carbocycles. The third-order valence-electron chi connectivity index (χ3n) is 3.80. The highest BCUT2D eigenvalue weighted by atomic mass is 16.5. The van der Waals surface area contributed by atoms with Crippen molar-refractivity contribution >= 4 is 22.7 Å². The van der Waals surface area contributed by atoms with Gasteiger partial charge in [0.2, 0.25) is 0 Å². The highest BCUT2D eigenvalue weighted by molar-refractivity contribution is 5.98. The Hall–Kier alpha value is -2.14. The van der Waals surface area contributed by atoms with Crippen molar-refractivity contribution in [2.24, 2.45) is 0 Å². The van der Waals surface area contributed by atoms with Crippen LogP contribution in [0, 0.1) is 0 Å². The second kappa shape index (κ2) is 5.69. The van der Waals surface area contributed by atoms with Crippen molar-refractivity contribution in [2.45, 2.75) is 18.9 Å². The largest absolute Gasteiger partial charge is 0.478 e. The highest BCUT2D eigenvalue weighted by Gasteiger charge is 2.22. The number of aromatic carboxylic acids is 1. The Kier molecular flexibility index (Phi) is 3.75. The predicted octanol–water partition coefficient (Wildman–Crippen LogP) is 2.55. The van der Waals surface area contributed by atoms with Crippen molar-refractivity contribution in [1.82, 2.24) is 4.98 Å². The number of fused-ring (bicyclic) bond motifs is 1. The Labute approximate surface area is 123 Å². The Bertz CT molecular complexity index is 666. The van der Waals surface area contributed by atoms with E-state index in [2.05, 4.69) is 4.98 Å². The average molecular weight is 286 g/mol. The number of aromatic nitrogens is 1. The summed E-state index contributed by atoms with van der Waals surface area (Å²) in [5, 5.41) is 10.3. The SMILES string of the molecule is CN(CC1CCCO1)c1nc2ccccc2cc1C(=O)O. The van der Waals surface area contributed by atoms with Crippen LogP contribution in [0.4, 0.5) is 5.82 Å². The molecular weight excluding hydrogens is 268 g/mol. The maximum atomic E-state index is 11.5. The Morgan fingerprint density at radius 2 is 2.29 bits per heavy atom. The molecule has 1 fully saturated rings. The molecule has 21 heavy (non-hydrogen) atoms. The molecule has 0 amide bonds. The molecule has 5 heteroatoms. The van der Waals surface area contributed by atoms with Crippen LogP contribution < -0.4 is 4.90 Å². The average Bonchev–Trinajstić information content (AvgIpc) is 2.98. The number of carboxylic acids is 1. The third kappa shape index (κ3) is 2.83. The standard InChI is InChI=1S/C16H18N2O3/c1-18(10-12-6-4-8-21-12)15-13(16(19)20)9-11-5-2-3-7-14(11)17-15/h2-3,5,7,9,12H,4,6,8,10H2,1H3,(H,19,20). The Morgan fingerprint density at radius 1 is 1.48 bits per heavy atom. The van der Waals surface area contributed by atoms with E-state index in [0.29, 0.717) is 12.4 Å². The van der Waals surface area contributed by atoms with Gasteiger partial charge in [0.05, 0.1) is 11.6 Å². The van der Waals surface area contributed by atoms with Gasteiger partial charge in [0, 0.05) is 25.6 Å². The molecule has 2 aromatic rings.